The van der Waals surface area contributed by atoms with Gasteiger partial charge in [-0.05, 0) is 27.7 Å². The van der Waals surface area contributed by atoms with Crippen LogP contribution in [0.4, 0.5) is 0 Å². The SMILES string of the molecule is CC(C)N(C)S(=O)(=O)N(CCC(=N)N)C(C)C. The van der Waals surface area contributed by atoms with E-state index in [-0.39, 0.29) is 30.9 Å². The lowest BCUT2D eigenvalue weighted by Gasteiger charge is -2.32. The molecular weight excluding hydrogens is 240 g/mol. The van der Waals surface area contributed by atoms with Gasteiger partial charge in [0.15, 0.2) is 0 Å². The van der Waals surface area contributed by atoms with E-state index in [1.807, 2.05) is 27.7 Å². The highest BCUT2D eigenvalue weighted by Crippen LogP contribution is 2.14. The fraction of sp³-hybridized carbons (Fsp3) is 0.900. The van der Waals surface area contributed by atoms with Crippen molar-refractivity contribution in [1.29, 1.82) is 5.41 Å². The molecule has 0 aliphatic heterocycles. The zero-order valence-corrected chi connectivity index (χ0v) is 12.1. The number of nitrogens with one attached hydrogen (secondary N) is 1. The van der Waals surface area contributed by atoms with Crippen molar-refractivity contribution in [2.45, 2.75) is 46.2 Å². The molecule has 0 aliphatic rings. The first-order chi connectivity index (χ1) is 7.60. The molecule has 6 nitrogen and oxygen atoms in total. The molecule has 102 valence electrons. The lowest BCUT2D eigenvalue weighted by atomic mass is 10.3. The van der Waals surface area contributed by atoms with Crippen LogP contribution in [0.2, 0.25) is 0 Å². The molecule has 3 N–H and O–H groups in total. The third-order valence-corrected chi connectivity index (χ3v) is 4.91. The fourth-order valence-corrected chi connectivity index (χ4v) is 3.02. The summed E-state index contributed by atoms with van der Waals surface area (Å²) in [4.78, 5) is 0. The molecule has 0 rings (SSSR count). The Morgan fingerprint density at radius 1 is 1.24 bits per heavy atom. The van der Waals surface area contributed by atoms with Crippen LogP contribution in [0.15, 0.2) is 0 Å². The predicted molar refractivity (Wildman–Crippen MR) is 70.2 cm³/mol. The van der Waals surface area contributed by atoms with Gasteiger partial charge in [0.05, 0.1) is 5.84 Å². The Balaban J connectivity index is 4.99. The molecule has 0 saturated carbocycles. The van der Waals surface area contributed by atoms with Gasteiger partial charge in [0.1, 0.15) is 0 Å². The van der Waals surface area contributed by atoms with Crippen LogP contribution < -0.4 is 5.73 Å². The van der Waals surface area contributed by atoms with Crippen molar-refractivity contribution in [2.75, 3.05) is 13.6 Å². The molecule has 0 aromatic carbocycles. The maximum absolute atomic E-state index is 12.3. The molecule has 17 heavy (non-hydrogen) atoms. The standard InChI is InChI=1S/C10H24N4O2S/c1-8(2)13(5)17(15,16)14(9(3)4)7-6-10(11)12/h8-9H,6-7H2,1-5H3,(H3,11,12). The number of nitrogens with two attached hydrogens (primary N) is 1. The molecule has 0 bridgehead atoms. The van der Waals surface area contributed by atoms with E-state index in [2.05, 4.69) is 0 Å². The molecule has 0 aliphatic carbocycles. The quantitative estimate of drug-likeness (QED) is 0.521. The lowest BCUT2D eigenvalue weighted by Crippen LogP contribution is -2.48. The average Bonchev–Trinajstić information content (AvgIpc) is 2.14. The molecule has 0 unspecified atom stereocenters. The van der Waals surface area contributed by atoms with Crippen LogP contribution in [0.1, 0.15) is 34.1 Å². The van der Waals surface area contributed by atoms with Crippen molar-refractivity contribution in [2.24, 2.45) is 5.73 Å². The van der Waals surface area contributed by atoms with Crippen molar-refractivity contribution in [3.63, 3.8) is 0 Å². The molecule has 0 spiro atoms. The van der Waals surface area contributed by atoms with E-state index in [0.717, 1.165) is 0 Å². The third kappa shape index (κ3) is 4.61. The second kappa shape index (κ2) is 6.32. The van der Waals surface area contributed by atoms with Gasteiger partial charge in [0, 0.05) is 32.1 Å². The molecule has 0 aromatic heterocycles. The van der Waals surface area contributed by atoms with E-state index < -0.39 is 10.2 Å². The first kappa shape index (κ1) is 16.3. The summed E-state index contributed by atoms with van der Waals surface area (Å²) in [7, 11) is -1.92. The maximum Gasteiger partial charge on any atom is 0.282 e. The van der Waals surface area contributed by atoms with Crippen molar-refractivity contribution >= 4 is 16.0 Å². The number of hydrogen-bond acceptors (Lipinski definition) is 3. The van der Waals surface area contributed by atoms with Gasteiger partial charge in [-0.1, -0.05) is 0 Å². The van der Waals surface area contributed by atoms with Crippen molar-refractivity contribution in [1.82, 2.24) is 8.61 Å². The van der Waals surface area contributed by atoms with Crippen LogP contribution in [-0.2, 0) is 10.2 Å². The summed E-state index contributed by atoms with van der Waals surface area (Å²) < 4.78 is 27.2. The van der Waals surface area contributed by atoms with E-state index in [1.54, 1.807) is 7.05 Å². The smallest absolute Gasteiger partial charge is 0.282 e. The van der Waals surface area contributed by atoms with Crippen molar-refractivity contribution < 1.29 is 8.42 Å². The molecule has 0 aromatic rings. The minimum Gasteiger partial charge on any atom is -0.388 e. The molecule has 0 saturated heterocycles. The first-order valence-electron chi connectivity index (χ1n) is 5.68. The van der Waals surface area contributed by atoms with Crippen LogP contribution in [0, 0.1) is 5.41 Å². The van der Waals surface area contributed by atoms with Gasteiger partial charge in [0.25, 0.3) is 10.2 Å². The second-order valence-electron chi connectivity index (χ2n) is 4.60. The highest BCUT2D eigenvalue weighted by atomic mass is 32.2. The van der Waals surface area contributed by atoms with E-state index in [1.165, 1.54) is 8.61 Å². The number of hydrogen-bond donors (Lipinski definition) is 2. The Kier molecular flexibility index (Phi) is 6.08. The summed E-state index contributed by atoms with van der Waals surface area (Å²) in [5, 5.41) is 7.17. The number of rotatable bonds is 7. The molecule has 0 radical (unpaired) electrons. The summed E-state index contributed by atoms with van der Waals surface area (Å²) in [6.45, 7) is 7.51. The summed E-state index contributed by atoms with van der Waals surface area (Å²) in [5.74, 6) is -0.00181. The van der Waals surface area contributed by atoms with Crippen LogP contribution in [0.3, 0.4) is 0 Å². The van der Waals surface area contributed by atoms with E-state index in [4.69, 9.17) is 11.1 Å². The van der Waals surface area contributed by atoms with Gasteiger partial charge in [0.2, 0.25) is 0 Å². The largest absolute Gasteiger partial charge is 0.388 e. The molecule has 0 atom stereocenters. The summed E-state index contributed by atoms with van der Waals surface area (Å²) in [5.41, 5.74) is 5.27. The van der Waals surface area contributed by atoms with Crippen LogP contribution in [0.25, 0.3) is 0 Å². The van der Waals surface area contributed by atoms with Gasteiger partial charge in [-0.15, -0.1) is 0 Å². The summed E-state index contributed by atoms with van der Waals surface area (Å²) in [6, 6.07) is -0.251. The number of nitrogens with zero attached hydrogens (tertiary/aromatic N) is 2. The Hall–Kier alpha value is -0.660. The Morgan fingerprint density at radius 2 is 1.71 bits per heavy atom. The van der Waals surface area contributed by atoms with E-state index in [9.17, 15) is 8.42 Å². The zero-order chi connectivity index (χ0) is 13.8. The lowest BCUT2D eigenvalue weighted by molar-refractivity contribution is 0.307. The second-order valence-corrected chi connectivity index (χ2v) is 6.54. The zero-order valence-electron chi connectivity index (χ0n) is 11.3. The van der Waals surface area contributed by atoms with Gasteiger partial charge >= 0.3 is 0 Å². The highest BCUT2D eigenvalue weighted by molar-refractivity contribution is 7.86. The van der Waals surface area contributed by atoms with E-state index in [0.29, 0.717) is 0 Å². The normalized spacial score (nSPS) is 13.0. The monoisotopic (exact) mass is 264 g/mol. The van der Waals surface area contributed by atoms with Crippen molar-refractivity contribution in [3.05, 3.63) is 0 Å². The molecular formula is C10H24N4O2S. The van der Waals surface area contributed by atoms with Gasteiger partial charge in [-0.2, -0.15) is 17.0 Å². The molecule has 0 heterocycles. The van der Waals surface area contributed by atoms with Crippen LogP contribution >= 0.6 is 0 Å². The summed E-state index contributed by atoms with van der Waals surface area (Å²) in [6.07, 6.45) is 0.253. The maximum atomic E-state index is 12.3. The number of amidine groups is 1. The minimum atomic E-state index is -3.48. The Bertz CT molecular complexity index is 351. The van der Waals surface area contributed by atoms with Gasteiger partial charge < -0.3 is 5.73 Å². The molecule has 0 fully saturated rings. The van der Waals surface area contributed by atoms with Crippen LogP contribution in [-0.4, -0.2) is 48.5 Å². The Morgan fingerprint density at radius 3 is 2.00 bits per heavy atom. The van der Waals surface area contributed by atoms with Gasteiger partial charge in [-0.25, -0.2) is 0 Å². The Labute approximate surface area is 104 Å². The van der Waals surface area contributed by atoms with E-state index >= 15 is 0 Å². The molecule has 7 heteroatoms. The van der Waals surface area contributed by atoms with Crippen molar-refractivity contribution in [3.8, 4) is 0 Å². The minimum absolute atomic E-state index is 0.00181. The fourth-order valence-electron chi connectivity index (χ4n) is 1.30. The van der Waals surface area contributed by atoms with Gasteiger partial charge in [-0.3, -0.25) is 5.41 Å². The summed E-state index contributed by atoms with van der Waals surface area (Å²) >= 11 is 0. The third-order valence-electron chi connectivity index (χ3n) is 2.56. The molecule has 0 amide bonds. The predicted octanol–water partition coefficient (Wildman–Crippen LogP) is 0.608. The first-order valence-corrected chi connectivity index (χ1v) is 7.08. The average molecular weight is 264 g/mol. The topological polar surface area (TPSA) is 90.5 Å². The van der Waals surface area contributed by atoms with Crippen LogP contribution in [0.5, 0.6) is 0 Å². The highest BCUT2D eigenvalue weighted by Gasteiger charge is 2.30.